The smallest absolute Gasteiger partial charge is 0.375 e. The zero-order valence-electron chi connectivity index (χ0n) is 12.5. The summed E-state index contributed by atoms with van der Waals surface area (Å²) in [5.41, 5.74) is 0.821. The summed E-state index contributed by atoms with van der Waals surface area (Å²) in [5.74, 6) is -0.324. The van der Waals surface area contributed by atoms with E-state index in [9.17, 15) is 13.2 Å². The molecule has 0 radical (unpaired) electrons. The molecule has 1 N–H and O–H groups in total. The number of alkyl halides is 3. The lowest BCUT2D eigenvalue weighted by Crippen LogP contribution is -2.31. The van der Waals surface area contributed by atoms with Gasteiger partial charge in [-0.2, -0.15) is 13.2 Å². The minimum absolute atomic E-state index is 0.00744. The van der Waals surface area contributed by atoms with Gasteiger partial charge in [-0.05, 0) is 42.2 Å². The van der Waals surface area contributed by atoms with E-state index < -0.39 is 11.7 Å². The van der Waals surface area contributed by atoms with Crippen LogP contribution in [0.15, 0.2) is 48.7 Å². The molecule has 0 bridgehead atoms. The van der Waals surface area contributed by atoms with E-state index in [4.69, 9.17) is 11.6 Å². The zero-order chi connectivity index (χ0) is 16.9. The van der Waals surface area contributed by atoms with Crippen LogP contribution in [0.4, 0.5) is 18.9 Å². The largest absolute Gasteiger partial charge is 0.416 e. The summed E-state index contributed by atoms with van der Waals surface area (Å²) < 4.78 is 40.4. The monoisotopic (exact) mass is 350 g/mol. The van der Waals surface area contributed by atoms with Crippen molar-refractivity contribution in [1.29, 1.82) is 0 Å². The van der Waals surface area contributed by atoms with Crippen molar-refractivity contribution in [2.45, 2.75) is 24.6 Å². The molecular weight excluding hydrogens is 337 g/mol. The number of benzene rings is 1. The number of pyridine rings is 1. The van der Waals surface area contributed by atoms with E-state index in [-0.39, 0.29) is 23.4 Å². The SMILES string of the molecule is FC(F)(F)c1ccc(Cl)c2c1[C@@H]1C=CC[C@@H]1[C@@H](c1ccccn1)N2. The lowest BCUT2D eigenvalue weighted by molar-refractivity contribution is -0.138. The van der Waals surface area contributed by atoms with Crippen molar-refractivity contribution in [1.82, 2.24) is 4.98 Å². The summed E-state index contributed by atoms with van der Waals surface area (Å²) in [7, 11) is 0. The second-order valence-electron chi connectivity index (χ2n) is 6.11. The van der Waals surface area contributed by atoms with Gasteiger partial charge in [0.05, 0.1) is 28.0 Å². The van der Waals surface area contributed by atoms with Crippen LogP contribution in [-0.4, -0.2) is 4.98 Å². The second kappa shape index (κ2) is 5.52. The molecule has 0 saturated heterocycles. The van der Waals surface area contributed by atoms with E-state index in [1.807, 2.05) is 30.4 Å². The van der Waals surface area contributed by atoms with Gasteiger partial charge in [0.2, 0.25) is 0 Å². The van der Waals surface area contributed by atoms with Crippen LogP contribution in [-0.2, 0) is 6.18 Å². The van der Waals surface area contributed by atoms with Gasteiger partial charge in [-0.3, -0.25) is 4.98 Å². The van der Waals surface area contributed by atoms with Crippen molar-refractivity contribution in [3.05, 3.63) is 70.5 Å². The normalized spacial score (nSPS) is 25.1. The number of anilines is 1. The molecule has 6 heteroatoms. The molecular formula is C18H14ClF3N2. The highest BCUT2D eigenvalue weighted by atomic mass is 35.5. The predicted molar refractivity (Wildman–Crippen MR) is 87.0 cm³/mol. The first kappa shape index (κ1) is 15.5. The number of halogens is 4. The Morgan fingerprint density at radius 2 is 2.00 bits per heavy atom. The number of hydrogen-bond acceptors (Lipinski definition) is 2. The molecule has 2 heterocycles. The van der Waals surface area contributed by atoms with Crippen LogP contribution in [0.5, 0.6) is 0 Å². The summed E-state index contributed by atoms with van der Waals surface area (Å²) in [5, 5.41) is 3.53. The van der Waals surface area contributed by atoms with Gasteiger partial charge in [0.1, 0.15) is 0 Å². The van der Waals surface area contributed by atoms with E-state index >= 15 is 0 Å². The average Bonchev–Trinajstić information content (AvgIpc) is 3.04. The first-order chi connectivity index (χ1) is 11.5. The molecule has 1 aliphatic heterocycles. The molecule has 0 spiro atoms. The van der Waals surface area contributed by atoms with Crippen molar-refractivity contribution in [3.8, 4) is 0 Å². The third-order valence-electron chi connectivity index (χ3n) is 4.78. The number of nitrogens with zero attached hydrogens (tertiary/aromatic N) is 1. The molecule has 124 valence electrons. The first-order valence-electron chi connectivity index (χ1n) is 7.70. The standard InChI is InChI=1S/C18H14ClF3N2/c19-13-8-7-12(18(20,21)22)15-10-4-3-5-11(10)16(24-17(13)15)14-6-1-2-9-23-14/h1-4,6-11,16,24H,5H2/t10-,11+,16+/m1/s1. The summed E-state index contributed by atoms with van der Waals surface area (Å²) in [4.78, 5) is 4.38. The van der Waals surface area contributed by atoms with Crippen molar-refractivity contribution in [2.24, 2.45) is 5.92 Å². The quantitative estimate of drug-likeness (QED) is 0.679. The first-order valence-corrected chi connectivity index (χ1v) is 8.08. The second-order valence-corrected chi connectivity index (χ2v) is 6.52. The highest BCUT2D eigenvalue weighted by Gasteiger charge is 2.45. The Hall–Kier alpha value is -2.01. The molecule has 0 saturated carbocycles. The van der Waals surface area contributed by atoms with Crippen LogP contribution in [0.3, 0.4) is 0 Å². The Bertz CT molecular complexity index is 802. The van der Waals surface area contributed by atoms with E-state index in [0.717, 1.165) is 11.8 Å². The predicted octanol–water partition coefficient (Wildman–Crippen LogP) is 5.58. The maximum atomic E-state index is 13.5. The van der Waals surface area contributed by atoms with Crippen molar-refractivity contribution >= 4 is 17.3 Å². The van der Waals surface area contributed by atoms with E-state index in [1.165, 1.54) is 6.07 Å². The summed E-state index contributed by atoms with van der Waals surface area (Å²) in [6.45, 7) is 0. The third kappa shape index (κ3) is 2.38. The lowest BCUT2D eigenvalue weighted by atomic mass is 9.76. The molecule has 0 unspecified atom stereocenters. The average molecular weight is 351 g/mol. The highest BCUT2D eigenvalue weighted by molar-refractivity contribution is 6.33. The van der Waals surface area contributed by atoms with Crippen LogP contribution < -0.4 is 5.32 Å². The molecule has 1 aromatic heterocycles. The van der Waals surface area contributed by atoms with Crippen molar-refractivity contribution < 1.29 is 13.2 Å². The van der Waals surface area contributed by atoms with E-state index in [0.29, 0.717) is 17.1 Å². The zero-order valence-corrected chi connectivity index (χ0v) is 13.3. The Morgan fingerprint density at radius 1 is 1.17 bits per heavy atom. The van der Waals surface area contributed by atoms with Gasteiger partial charge in [-0.1, -0.05) is 29.8 Å². The van der Waals surface area contributed by atoms with Gasteiger partial charge in [-0.25, -0.2) is 0 Å². The Morgan fingerprint density at radius 3 is 2.71 bits per heavy atom. The van der Waals surface area contributed by atoms with E-state index in [1.54, 1.807) is 6.20 Å². The summed E-state index contributed by atoms with van der Waals surface area (Å²) >= 11 is 6.23. The summed E-state index contributed by atoms with van der Waals surface area (Å²) in [6.07, 6.45) is 1.81. The minimum Gasteiger partial charge on any atom is -0.375 e. The fourth-order valence-corrected chi connectivity index (χ4v) is 3.99. The molecule has 3 atom stereocenters. The van der Waals surface area contributed by atoms with Crippen LogP contribution in [0, 0.1) is 5.92 Å². The minimum atomic E-state index is -4.41. The van der Waals surface area contributed by atoms with E-state index in [2.05, 4.69) is 10.3 Å². The van der Waals surface area contributed by atoms with Gasteiger partial charge in [0.25, 0.3) is 0 Å². The lowest BCUT2D eigenvalue weighted by Gasteiger charge is -2.38. The Labute approximate surface area is 142 Å². The molecule has 1 aromatic carbocycles. The molecule has 1 aliphatic carbocycles. The number of nitrogens with one attached hydrogen (secondary N) is 1. The van der Waals surface area contributed by atoms with Crippen LogP contribution >= 0.6 is 11.6 Å². The molecule has 0 amide bonds. The Kier molecular flexibility index (Phi) is 3.57. The molecule has 2 nitrogen and oxygen atoms in total. The number of fused-ring (bicyclic) bond motifs is 3. The fraction of sp³-hybridized carbons (Fsp3) is 0.278. The maximum absolute atomic E-state index is 13.5. The van der Waals surface area contributed by atoms with Gasteiger partial charge in [0, 0.05) is 12.1 Å². The summed E-state index contributed by atoms with van der Waals surface area (Å²) in [6, 6.07) is 7.81. The Balaban J connectivity index is 1.89. The molecule has 4 rings (SSSR count). The highest BCUT2D eigenvalue weighted by Crippen LogP contribution is 2.54. The molecule has 2 aromatic rings. The molecule has 2 aliphatic rings. The van der Waals surface area contributed by atoms with Crippen LogP contribution in [0.2, 0.25) is 5.02 Å². The number of hydrogen-bond donors (Lipinski definition) is 1. The van der Waals surface area contributed by atoms with Gasteiger partial charge in [-0.15, -0.1) is 0 Å². The molecule has 24 heavy (non-hydrogen) atoms. The topological polar surface area (TPSA) is 24.9 Å². The van der Waals surface area contributed by atoms with Gasteiger partial charge < -0.3 is 5.32 Å². The van der Waals surface area contributed by atoms with Gasteiger partial charge in [0.15, 0.2) is 0 Å². The number of rotatable bonds is 1. The van der Waals surface area contributed by atoms with Crippen LogP contribution in [0.1, 0.15) is 35.2 Å². The van der Waals surface area contributed by atoms with Crippen molar-refractivity contribution in [3.63, 3.8) is 0 Å². The van der Waals surface area contributed by atoms with Crippen LogP contribution in [0.25, 0.3) is 0 Å². The fourth-order valence-electron chi connectivity index (χ4n) is 3.77. The van der Waals surface area contributed by atoms with Crippen molar-refractivity contribution in [2.75, 3.05) is 5.32 Å². The van der Waals surface area contributed by atoms with Gasteiger partial charge >= 0.3 is 6.18 Å². The maximum Gasteiger partial charge on any atom is 0.416 e. The number of aromatic nitrogens is 1. The third-order valence-corrected chi connectivity index (χ3v) is 5.10. The molecule has 0 fully saturated rings. The number of allylic oxidation sites excluding steroid dienone is 2.